The van der Waals surface area contributed by atoms with Crippen LogP contribution in [0.1, 0.15) is 35.1 Å². The number of hydrogen-bond donors (Lipinski definition) is 0. The minimum absolute atomic E-state index is 0.0202. The summed E-state index contributed by atoms with van der Waals surface area (Å²) in [5.41, 5.74) is 13.1. The zero-order chi connectivity index (χ0) is 35.6. The molecule has 9 aromatic rings. The van der Waals surface area contributed by atoms with Gasteiger partial charge in [-0.05, 0) is 132 Å². The Morgan fingerprint density at radius 1 is 0.389 bits per heavy atom. The summed E-state index contributed by atoms with van der Waals surface area (Å²) in [5, 5.41) is 5.14. The molecule has 2 nitrogen and oxygen atoms in total. The first-order chi connectivity index (χ1) is 26.7. The van der Waals surface area contributed by atoms with Gasteiger partial charge in [0.2, 0.25) is 0 Å². The van der Waals surface area contributed by atoms with Crippen LogP contribution in [-0.4, -0.2) is 0 Å². The van der Waals surface area contributed by atoms with Gasteiger partial charge in [0.05, 0.1) is 5.69 Å². The molecule has 3 heteroatoms. The highest BCUT2D eigenvalue weighted by molar-refractivity contribution is 7.25. The molecular formula is C51H38N2S. The van der Waals surface area contributed by atoms with E-state index in [9.17, 15) is 0 Å². The number of rotatable bonds is 6. The average molecular weight is 711 g/mol. The van der Waals surface area contributed by atoms with E-state index in [4.69, 9.17) is 0 Å². The summed E-state index contributed by atoms with van der Waals surface area (Å²) in [6, 6.07) is 67.6. The Morgan fingerprint density at radius 3 is 1.63 bits per heavy atom. The minimum Gasteiger partial charge on any atom is -0.310 e. The van der Waals surface area contributed by atoms with Crippen LogP contribution in [0.5, 0.6) is 0 Å². The minimum atomic E-state index is -0.0202. The van der Waals surface area contributed by atoms with Crippen molar-refractivity contribution in [1.29, 1.82) is 0 Å². The first kappa shape index (κ1) is 31.4. The van der Waals surface area contributed by atoms with E-state index in [0.717, 1.165) is 25.7 Å². The lowest BCUT2D eigenvalue weighted by atomic mass is 9.76. The van der Waals surface area contributed by atoms with Gasteiger partial charge >= 0.3 is 0 Å². The van der Waals surface area contributed by atoms with E-state index in [2.05, 4.69) is 192 Å². The van der Waals surface area contributed by atoms with Crippen LogP contribution in [0.3, 0.4) is 0 Å². The summed E-state index contributed by atoms with van der Waals surface area (Å²) in [6.45, 7) is 0. The molecule has 0 radical (unpaired) electrons. The molecule has 0 amide bonds. The van der Waals surface area contributed by atoms with Crippen LogP contribution in [0.4, 0.5) is 34.1 Å². The van der Waals surface area contributed by atoms with Crippen LogP contribution < -0.4 is 9.80 Å². The van der Waals surface area contributed by atoms with Crippen LogP contribution in [-0.2, 0) is 18.3 Å². The van der Waals surface area contributed by atoms with E-state index in [1.165, 1.54) is 87.3 Å². The van der Waals surface area contributed by atoms with Gasteiger partial charge in [-0.15, -0.1) is 11.3 Å². The lowest BCUT2D eigenvalue weighted by molar-refractivity contribution is 0.507. The predicted molar refractivity (Wildman–Crippen MR) is 230 cm³/mol. The molecule has 0 fully saturated rings. The number of thiophene rings is 1. The van der Waals surface area contributed by atoms with Gasteiger partial charge in [0.1, 0.15) is 0 Å². The number of aryl methyl sites for hydroxylation is 2. The van der Waals surface area contributed by atoms with Gasteiger partial charge in [-0.2, -0.15) is 0 Å². The molecule has 0 unspecified atom stereocenters. The smallest absolute Gasteiger partial charge is 0.0540 e. The van der Waals surface area contributed by atoms with E-state index >= 15 is 0 Å². The third-order valence-electron chi connectivity index (χ3n) is 12.0. The summed E-state index contributed by atoms with van der Waals surface area (Å²) < 4.78 is 2.65. The van der Waals surface area contributed by atoms with Crippen LogP contribution in [0.15, 0.2) is 182 Å². The summed E-state index contributed by atoms with van der Waals surface area (Å²) in [4.78, 5) is 4.92. The molecule has 54 heavy (non-hydrogen) atoms. The predicted octanol–water partition coefficient (Wildman–Crippen LogP) is 14.3. The quantitative estimate of drug-likeness (QED) is 0.169. The van der Waals surface area contributed by atoms with Crippen LogP contribution in [0.25, 0.3) is 30.9 Å². The maximum Gasteiger partial charge on any atom is 0.0540 e. The fourth-order valence-corrected chi connectivity index (χ4v) is 10.6. The molecule has 1 aromatic heterocycles. The van der Waals surface area contributed by atoms with Crippen LogP contribution in [0.2, 0.25) is 0 Å². The second kappa shape index (κ2) is 12.5. The number of anilines is 6. The molecule has 2 aliphatic rings. The molecule has 0 saturated carbocycles. The second-order valence-electron chi connectivity index (χ2n) is 14.9. The maximum atomic E-state index is 2.55. The Hall–Kier alpha value is -6.16. The summed E-state index contributed by atoms with van der Waals surface area (Å²) in [7, 11) is 0. The molecule has 0 saturated heterocycles. The highest BCUT2D eigenvalue weighted by Crippen LogP contribution is 2.55. The van der Waals surface area contributed by atoms with Gasteiger partial charge in [-0.3, -0.25) is 0 Å². The van der Waals surface area contributed by atoms with Crippen molar-refractivity contribution in [2.45, 2.75) is 31.1 Å². The first-order valence-electron chi connectivity index (χ1n) is 19.1. The SMILES string of the molecule is c1ccc(N(c2ccccc2)c2ccc3c(c2)[C@@]2(CC3)CCc3ccc(N(c4ccc5sc6ccccc6c5c4)c4cccc5ccccc45)cc32)cc1. The van der Waals surface area contributed by atoms with Gasteiger partial charge in [0.15, 0.2) is 0 Å². The van der Waals surface area contributed by atoms with E-state index in [1.54, 1.807) is 0 Å². The van der Waals surface area contributed by atoms with Crippen molar-refractivity contribution in [3.63, 3.8) is 0 Å². The molecule has 0 aliphatic heterocycles. The van der Waals surface area contributed by atoms with Crippen molar-refractivity contribution in [2.24, 2.45) is 0 Å². The molecular weight excluding hydrogens is 673 g/mol. The Bertz CT molecular complexity index is 2810. The van der Waals surface area contributed by atoms with Crippen LogP contribution >= 0.6 is 11.3 Å². The molecule has 258 valence electrons. The monoisotopic (exact) mass is 710 g/mol. The van der Waals surface area contributed by atoms with Crippen molar-refractivity contribution in [1.82, 2.24) is 0 Å². The highest BCUT2D eigenvalue weighted by Gasteiger charge is 2.45. The molecule has 1 atom stereocenters. The van der Waals surface area contributed by atoms with Crippen molar-refractivity contribution < 1.29 is 0 Å². The van der Waals surface area contributed by atoms with Gasteiger partial charge in [0.25, 0.3) is 0 Å². The summed E-state index contributed by atoms with van der Waals surface area (Å²) >= 11 is 1.88. The third kappa shape index (κ3) is 4.92. The van der Waals surface area contributed by atoms with Crippen molar-refractivity contribution in [2.75, 3.05) is 9.80 Å². The molecule has 1 heterocycles. The molecule has 2 aliphatic carbocycles. The molecule has 1 spiro atoms. The standard InChI is InChI=1S/C51H38N2S/c1-3-14-38(15-4-1)52(39-16-5-2-6-17-39)41-24-22-36-28-30-51(46(36)33-41)31-29-37-23-25-42(34-47(37)51)53(48-20-11-13-35-12-7-8-18-43(35)48)40-26-27-50-45(32-40)44-19-9-10-21-49(44)54-50/h1-27,32-34H,28-31H2/t51-/m1/s1. The Balaban J connectivity index is 1.08. The number of benzene rings is 8. The van der Waals surface area contributed by atoms with E-state index in [-0.39, 0.29) is 5.41 Å². The first-order valence-corrected chi connectivity index (χ1v) is 19.9. The zero-order valence-electron chi connectivity index (χ0n) is 30.0. The fraction of sp³-hybridized carbons (Fsp3) is 0.0980. The van der Waals surface area contributed by atoms with Crippen molar-refractivity contribution >= 4 is 76.4 Å². The van der Waals surface area contributed by atoms with Gasteiger partial charge in [-0.25, -0.2) is 0 Å². The molecule has 0 N–H and O–H groups in total. The van der Waals surface area contributed by atoms with E-state index < -0.39 is 0 Å². The molecule has 0 bridgehead atoms. The molecule has 8 aromatic carbocycles. The lowest BCUT2D eigenvalue weighted by Crippen LogP contribution is -2.22. The Labute approximate surface area is 320 Å². The summed E-state index contributed by atoms with van der Waals surface area (Å²) in [6.07, 6.45) is 4.48. The number of nitrogens with zero attached hydrogens (tertiary/aromatic N) is 2. The van der Waals surface area contributed by atoms with Crippen LogP contribution in [0, 0.1) is 0 Å². The van der Waals surface area contributed by atoms with E-state index in [1.807, 2.05) is 11.3 Å². The van der Waals surface area contributed by atoms with Crippen molar-refractivity contribution in [3.8, 4) is 0 Å². The van der Waals surface area contributed by atoms with Gasteiger partial charge < -0.3 is 9.80 Å². The average Bonchev–Trinajstić information content (AvgIpc) is 3.92. The number of fused-ring (bicyclic) bond motifs is 8. The highest BCUT2D eigenvalue weighted by atomic mass is 32.1. The normalized spacial score (nSPS) is 15.9. The number of para-hydroxylation sites is 2. The topological polar surface area (TPSA) is 6.48 Å². The maximum absolute atomic E-state index is 2.55. The lowest BCUT2D eigenvalue weighted by Gasteiger charge is -2.32. The van der Waals surface area contributed by atoms with Gasteiger partial charge in [-0.1, -0.05) is 103 Å². The Morgan fingerprint density at radius 2 is 0.926 bits per heavy atom. The fourth-order valence-electron chi connectivity index (χ4n) is 9.52. The Kier molecular flexibility index (Phi) is 7.25. The largest absolute Gasteiger partial charge is 0.310 e. The number of hydrogen-bond acceptors (Lipinski definition) is 3. The van der Waals surface area contributed by atoms with E-state index in [0.29, 0.717) is 0 Å². The van der Waals surface area contributed by atoms with Gasteiger partial charge in [0, 0.05) is 59.4 Å². The third-order valence-corrected chi connectivity index (χ3v) is 13.2. The second-order valence-corrected chi connectivity index (χ2v) is 16.0. The van der Waals surface area contributed by atoms with Crippen molar-refractivity contribution in [3.05, 3.63) is 204 Å². The zero-order valence-corrected chi connectivity index (χ0v) is 30.8. The molecule has 11 rings (SSSR count). The summed E-state index contributed by atoms with van der Waals surface area (Å²) in [5.74, 6) is 0.